The molecule has 0 spiro atoms. The quantitative estimate of drug-likeness (QED) is 0.0135. The summed E-state index contributed by atoms with van der Waals surface area (Å²) in [4.78, 5) is 217. The van der Waals surface area contributed by atoms with E-state index in [0.717, 1.165) is 26.5 Å². The van der Waals surface area contributed by atoms with Gasteiger partial charge in [0.05, 0.1) is 19.6 Å². The number of hydrogen-bond acceptors (Lipinski definition) is 23. The topological polar surface area (TPSA) is 739 Å². The van der Waals surface area contributed by atoms with Gasteiger partial charge in [0.15, 0.2) is 23.8 Å². The third kappa shape index (κ3) is 31.2. The number of carbonyl (C=O) groups is 14. The van der Waals surface area contributed by atoms with Crippen LogP contribution in [0.4, 0.5) is 0 Å². The van der Waals surface area contributed by atoms with Gasteiger partial charge in [0.2, 0.25) is 70.9 Å². The van der Waals surface area contributed by atoms with Crippen molar-refractivity contribution in [1.29, 1.82) is 0 Å². The first-order chi connectivity index (χ1) is 50.3. The molecule has 12 atom stereocenters. The van der Waals surface area contributed by atoms with Gasteiger partial charge in [-0.25, -0.2) is 4.79 Å². The van der Waals surface area contributed by atoms with Crippen LogP contribution in [0.15, 0.2) is 56.4 Å². The Morgan fingerprint density at radius 3 is 1.56 bits per heavy atom. The van der Waals surface area contributed by atoms with Crippen LogP contribution in [0, 0.1) is 0 Å². The van der Waals surface area contributed by atoms with Crippen molar-refractivity contribution < 1.29 is 87.5 Å². The number of carboxylic acids is 2. The molecule has 4 rings (SSSR count). The molecule has 33 N–H and O–H groups in total. The molecule has 2 saturated heterocycles. The van der Waals surface area contributed by atoms with Crippen LogP contribution in [0.5, 0.6) is 5.75 Å². The number of carbonyl (C=O) groups excluding carboxylic acids is 12. The first-order valence-corrected chi connectivity index (χ1v) is 36.1. The van der Waals surface area contributed by atoms with Gasteiger partial charge in [-0.05, 0) is 94.7 Å². The zero-order chi connectivity index (χ0) is 78.6. The molecule has 3 aliphatic heterocycles. The zero-order valence-electron chi connectivity index (χ0n) is 57.9. The molecule has 0 aliphatic carbocycles. The summed E-state index contributed by atoms with van der Waals surface area (Å²) in [6.07, 6.45) is -1.57. The van der Waals surface area contributed by atoms with E-state index in [2.05, 4.69) is 78.5 Å². The van der Waals surface area contributed by atoms with Gasteiger partial charge in [0.1, 0.15) is 78.3 Å². The molecule has 2 fully saturated rings. The average Bonchev–Trinajstić information content (AvgIpc) is 1.65. The number of nitrogens with two attached hydrogens (primary N) is 9. The number of aromatic hydroxyl groups is 1. The molecule has 0 unspecified atom stereocenters. The van der Waals surface area contributed by atoms with Crippen LogP contribution in [-0.4, -0.2) is 262 Å². The van der Waals surface area contributed by atoms with Gasteiger partial charge in [-0.2, -0.15) is 0 Å². The van der Waals surface area contributed by atoms with Crippen LogP contribution in [0.1, 0.15) is 89.0 Å². The summed E-state index contributed by atoms with van der Waals surface area (Å²) in [5, 5.41) is 68.6. The number of aliphatic imine (C=N–C) groups is 4. The summed E-state index contributed by atoms with van der Waals surface area (Å²) in [5.41, 5.74) is 50.5. The number of guanidine groups is 4. The van der Waals surface area contributed by atoms with Crippen molar-refractivity contribution in [2.24, 2.45) is 71.6 Å². The molecule has 2 bridgehead atoms. The van der Waals surface area contributed by atoms with Crippen LogP contribution in [0.25, 0.3) is 0 Å². The van der Waals surface area contributed by atoms with Crippen LogP contribution in [0.3, 0.4) is 0 Å². The Kier molecular flexibility index (Phi) is 37.4. The second kappa shape index (κ2) is 45.3. The second-order valence-electron chi connectivity index (χ2n) is 24.4. The van der Waals surface area contributed by atoms with Crippen LogP contribution in [-0.2, 0) is 73.5 Å². The largest absolute Gasteiger partial charge is 0.508 e. The molecule has 43 nitrogen and oxygen atoms in total. The molecule has 1 aromatic carbocycles. The van der Waals surface area contributed by atoms with Gasteiger partial charge in [-0.15, -0.1) is 0 Å². The number of aliphatic hydroxyl groups is 1. The summed E-state index contributed by atoms with van der Waals surface area (Å²) < 4.78 is 0. The van der Waals surface area contributed by atoms with E-state index in [0.29, 0.717) is 5.56 Å². The minimum atomic E-state index is -2.04. The summed E-state index contributed by atoms with van der Waals surface area (Å²) in [6, 6.07) is -15.5. The van der Waals surface area contributed by atoms with E-state index in [-0.39, 0.29) is 133 Å². The first-order valence-electron chi connectivity index (χ1n) is 33.6. The number of aliphatic hydroxyl groups excluding tert-OH is 1. The highest BCUT2D eigenvalue weighted by Gasteiger charge is 2.42. The molecule has 1 aromatic rings. The Balaban J connectivity index is 2.09. The summed E-state index contributed by atoms with van der Waals surface area (Å²) in [6.45, 7) is -2.60. The maximum absolute atomic E-state index is 15.1. The number of phenols is 1. The number of rotatable bonds is 26. The van der Waals surface area contributed by atoms with E-state index >= 15 is 14.4 Å². The maximum Gasteiger partial charge on any atom is 0.326 e. The fraction of sp³-hybridized carbons (Fsp3) is 0.574. The number of nitrogens with one attached hydrogen (secondary N) is 11. The molecule has 586 valence electrons. The van der Waals surface area contributed by atoms with E-state index < -0.39 is 199 Å². The standard InChI is InChI=1S/C61H97N25O18S2/c62-26-44(89)75-41-28-105-106-29-42-54(100)79-35(11-4-20-72-59(65)66)48(94)82-38(24-30-15-17-31(88)18-16-30)51(97)77-34(10-3-19-71-58(63)64)46(92)76-32(47(93)81-37(57(103)104)13-6-22-74-61(69)70)8-1-2-9-33(78-53(41)99)49(95)84-40(27-87)52(98)83-39(25-45(90)91)56(102)86-23-7-14-43(86)55(101)80-36(50(96)85-42)12-5-21-73-60(67)68/h1-2,15-18,32-43,87-88H,3-14,19-29,62H2,(H,75,89)(H,76,92)(H,77,97)(H,78,99)(H,79,100)(H,80,101)(H,81,93)(H,82,94)(H,83,98)(H,84,95)(H,85,96)(H,90,91)(H,103,104)(H4,63,64,71)(H4,65,66,72)(H4,67,68,73)(H4,69,70,74)/b2-1+/t32-,33-,34-,35-,36-,37-,38-,39-,40-,41-,42-,43-/m0/s1. The predicted molar refractivity (Wildman–Crippen MR) is 387 cm³/mol. The molecule has 45 heteroatoms. The number of nitrogens with zero attached hydrogens (tertiary/aromatic N) is 5. The minimum absolute atomic E-state index is 0.00877. The van der Waals surface area contributed by atoms with Crippen molar-refractivity contribution in [3.8, 4) is 5.75 Å². The van der Waals surface area contributed by atoms with Crippen molar-refractivity contribution in [2.75, 3.05) is 57.4 Å². The molecule has 0 radical (unpaired) electrons. The normalized spacial score (nSPS) is 24.2. The molecular formula is C61H97N25O18S2. The lowest BCUT2D eigenvalue weighted by Crippen LogP contribution is -2.61. The molecule has 12 amide bonds. The highest BCUT2D eigenvalue weighted by molar-refractivity contribution is 8.76. The third-order valence-electron chi connectivity index (χ3n) is 16.2. The average molecular weight is 1530 g/mol. The monoisotopic (exact) mass is 1530 g/mol. The fourth-order valence-electron chi connectivity index (χ4n) is 10.7. The number of phenolic OH excluding ortho intramolecular Hbond substituents is 1. The van der Waals surface area contributed by atoms with Gasteiger partial charge in [-0.1, -0.05) is 45.9 Å². The lowest BCUT2D eigenvalue weighted by Gasteiger charge is -2.30. The Labute approximate surface area is 615 Å². The Morgan fingerprint density at radius 1 is 0.547 bits per heavy atom. The molecule has 0 aromatic heterocycles. The van der Waals surface area contributed by atoms with Crippen LogP contribution < -0.4 is 110 Å². The minimum Gasteiger partial charge on any atom is -0.508 e. The summed E-state index contributed by atoms with van der Waals surface area (Å²) in [5.74, 6) is -18.9. The van der Waals surface area contributed by atoms with E-state index in [1.54, 1.807) is 0 Å². The van der Waals surface area contributed by atoms with Crippen LogP contribution in [0.2, 0.25) is 0 Å². The van der Waals surface area contributed by atoms with E-state index in [1.807, 2.05) is 0 Å². The van der Waals surface area contributed by atoms with Crippen molar-refractivity contribution in [2.45, 2.75) is 162 Å². The van der Waals surface area contributed by atoms with Gasteiger partial charge in [0, 0.05) is 50.7 Å². The predicted octanol–water partition coefficient (Wildman–Crippen LogP) is -10.3. The lowest BCUT2D eigenvalue weighted by molar-refractivity contribution is -0.146. The highest BCUT2D eigenvalue weighted by Crippen LogP contribution is 2.25. The van der Waals surface area contributed by atoms with Gasteiger partial charge in [0.25, 0.3) is 0 Å². The lowest BCUT2D eigenvalue weighted by atomic mass is 10.0. The van der Waals surface area contributed by atoms with Crippen molar-refractivity contribution in [3.63, 3.8) is 0 Å². The molecule has 0 saturated carbocycles. The van der Waals surface area contributed by atoms with E-state index in [1.165, 1.54) is 36.4 Å². The van der Waals surface area contributed by atoms with Gasteiger partial charge in [-0.3, -0.25) is 82.3 Å². The van der Waals surface area contributed by atoms with Gasteiger partial charge < -0.3 is 135 Å². The Bertz CT molecular complexity index is 3410. The van der Waals surface area contributed by atoms with Crippen molar-refractivity contribution >= 4 is 128 Å². The highest BCUT2D eigenvalue weighted by atomic mass is 33.1. The molecule has 106 heavy (non-hydrogen) atoms. The fourth-order valence-corrected chi connectivity index (χ4v) is 13.1. The van der Waals surface area contributed by atoms with Crippen molar-refractivity contribution in [1.82, 2.24) is 63.4 Å². The Hall–Kier alpha value is -11.0. The number of carboxylic acid groups (broad SMARTS) is 2. The second-order valence-corrected chi connectivity index (χ2v) is 27.0. The number of hydrogen-bond donors (Lipinski definition) is 24. The number of benzene rings is 1. The van der Waals surface area contributed by atoms with Crippen LogP contribution >= 0.6 is 21.6 Å². The third-order valence-corrected chi connectivity index (χ3v) is 18.6. The number of aliphatic carboxylic acids is 2. The van der Waals surface area contributed by atoms with E-state index in [4.69, 9.17) is 51.6 Å². The van der Waals surface area contributed by atoms with Gasteiger partial charge >= 0.3 is 11.9 Å². The van der Waals surface area contributed by atoms with Crippen molar-refractivity contribution in [3.05, 3.63) is 42.0 Å². The number of fused-ring (bicyclic) bond motifs is 9. The first kappa shape index (κ1) is 87.4. The Morgan fingerprint density at radius 2 is 1.01 bits per heavy atom. The molecule has 3 heterocycles. The summed E-state index contributed by atoms with van der Waals surface area (Å²) >= 11 is 0. The van der Waals surface area contributed by atoms with E-state index in [9.17, 15) is 73.2 Å². The molecule has 3 aliphatic rings. The zero-order valence-corrected chi connectivity index (χ0v) is 59.5. The number of amides is 12. The summed E-state index contributed by atoms with van der Waals surface area (Å²) in [7, 11) is 1.63. The SMILES string of the molecule is NCC(=O)N[C@H]1CSSC[C@@H]2NC(=O)[C@H](CCCN=C(N)N)NC(=O)[C@@H]3CCCN3C(=O)[C@H](CC(=O)O)NC(=O)[C@H](CO)NC(=O)[C@H](C/C=C/C[C@@H](C(=O)N[C@@H](CCCN=C(N)N)C(=O)O)NC(=O)[C@H](CCCN=C(N)N)NC(=O)[C@H](Cc3ccc(O)cc3)NC(=O)[C@H](CCCN=C(N)N)NC2=O)NC1=O. The maximum atomic E-state index is 15.1. The molecular weight excluding hydrogens is 1430 g/mol. The smallest absolute Gasteiger partial charge is 0.326 e.